The lowest BCUT2D eigenvalue weighted by atomic mass is 9.97. The van der Waals surface area contributed by atoms with Crippen molar-refractivity contribution in [2.45, 2.75) is 0 Å². The second-order valence-corrected chi connectivity index (χ2v) is 14.4. The maximum atomic E-state index is 5.22. The molecular formula is C53H35N3. The zero-order valence-corrected chi connectivity index (χ0v) is 30.5. The minimum Gasteiger partial charge on any atom is -0.309 e. The van der Waals surface area contributed by atoms with Gasteiger partial charge in [0.2, 0.25) is 0 Å². The highest BCUT2D eigenvalue weighted by molar-refractivity contribution is 6.11. The summed E-state index contributed by atoms with van der Waals surface area (Å²) in [6.07, 6.45) is 0. The number of benzene rings is 8. The van der Waals surface area contributed by atoms with Gasteiger partial charge in [0.15, 0.2) is 0 Å². The number of para-hydroxylation sites is 3. The molecule has 0 bridgehead atoms. The molecule has 3 aromatic heterocycles. The first-order valence-electron chi connectivity index (χ1n) is 19.1. The van der Waals surface area contributed by atoms with Crippen molar-refractivity contribution in [2.24, 2.45) is 0 Å². The van der Waals surface area contributed by atoms with Gasteiger partial charge in [0.05, 0.1) is 33.5 Å². The maximum absolute atomic E-state index is 5.22. The number of fused-ring (bicyclic) bond motifs is 6. The van der Waals surface area contributed by atoms with Gasteiger partial charge in [-0.05, 0) is 89.0 Å². The van der Waals surface area contributed by atoms with Gasteiger partial charge in [0, 0.05) is 44.0 Å². The molecule has 3 heterocycles. The average molecular weight is 714 g/mol. The number of nitrogens with zero attached hydrogens (tertiary/aromatic N) is 3. The summed E-state index contributed by atoms with van der Waals surface area (Å²) in [4.78, 5) is 5.22. The molecule has 0 saturated carbocycles. The van der Waals surface area contributed by atoms with Gasteiger partial charge in [-0.1, -0.05) is 146 Å². The van der Waals surface area contributed by atoms with Crippen molar-refractivity contribution in [3.63, 3.8) is 0 Å². The van der Waals surface area contributed by atoms with Gasteiger partial charge >= 0.3 is 0 Å². The van der Waals surface area contributed by atoms with Gasteiger partial charge in [0.25, 0.3) is 0 Å². The normalized spacial score (nSPS) is 11.6. The summed E-state index contributed by atoms with van der Waals surface area (Å²) in [6.45, 7) is 0. The summed E-state index contributed by atoms with van der Waals surface area (Å²) in [5.41, 5.74) is 15.8. The first kappa shape index (κ1) is 32.0. The van der Waals surface area contributed by atoms with Crippen molar-refractivity contribution in [1.29, 1.82) is 0 Å². The molecule has 11 rings (SSSR count). The lowest BCUT2D eigenvalue weighted by Gasteiger charge is -2.13. The van der Waals surface area contributed by atoms with Crippen LogP contribution in [0.2, 0.25) is 0 Å². The zero-order valence-electron chi connectivity index (χ0n) is 30.5. The van der Waals surface area contributed by atoms with Crippen molar-refractivity contribution < 1.29 is 0 Å². The van der Waals surface area contributed by atoms with Crippen molar-refractivity contribution in [3.05, 3.63) is 212 Å². The Bertz CT molecular complexity index is 3130. The van der Waals surface area contributed by atoms with Crippen LogP contribution >= 0.6 is 0 Å². The molecule has 0 fully saturated rings. The third-order valence-electron chi connectivity index (χ3n) is 11.1. The Morgan fingerprint density at radius 2 is 0.696 bits per heavy atom. The van der Waals surface area contributed by atoms with Crippen molar-refractivity contribution >= 4 is 43.6 Å². The first-order valence-corrected chi connectivity index (χ1v) is 19.1. The van der Waals surface area contributed by atoms with Crippen LogP contribution in [-0.2, 0) is 0 Å². The van der Waals surface area contributed by atoms with Crippen molar-refractivity contribution in [2.75, 3.05) is 0 Å². The molecule has 0 saturated heterocycles. The van der Waals surface area contributed by atoms with E-state index in [1.54, 1.807) is 0 Å². The number of pyridine rings is 1. The Morgan fingerprint density at radius 1 is 0.250 bits per heavy atom. The van der Waals surface area contributed by atoms with E-state index < -0.39 is 0 Å². The third kappa shape index (κ3) is 5.32. The summed E-state index contributed by atoms with van der Waals surface area (Å²) in [5, 5.41) is 4.98. The van der Waals surface area contributed by atoms with E-state index in [2.05, 4.69) is 215 Å². The minimum absolute atomic E-state index is 0.952. The Labute approximate surface area is 325 Å². The van der Waals surface area contributed by atoms with Gasteiger partial charge in [0.1, 0.15) is 0 Å². The highest BCUT2D eigenvalue weighted by Crippen LogP contribution is 2.38. The van der Waals surface area contributed by atoms with Crippen LogP contribution < -0.4 is 0 Å². The highest BCUT2D eigenvalue weighted by Gasteiger charge is 2.17. The summed E-state index contributed by atoms with van der Waals surface area (Å²) < 4.78 is 4.80. The first-order chi connectivity index (χ1) is 27.8. The van der Waals surface area contributed by atoms with Crippen LogP contribution in [0, 0.1) is 0 Å². The van der Waals surface area contributed by atoms with E-state index in [1.807, 2.05) is 6.07 Å². The zero-order chi connectivity index (χ0) is 37.0. The standard InChI is InChI=1S/C53H35N3/c1-3-15-36(16-4-1)41-33-48(37-17-5-2-6-18-37)54-49(34-41)40-20-13-19-38(31-40)39-29-30-53-47(32-39)46-25-9-12-28-52(46)56(53)43-22-14-21-42(35-43)55-50-26-10-7-23-44(50)45-24-8-11-27-51(45)55/h1-35H. The monoisotopic (exact) mass is 713 g/mol. The summed E-state index contributed by atoms with van der Waals surface area (Å²) in [6, 6.07) is 76.2. The third-order valence-corrected chi connectivity index (χ3v) is 11.1. The Balaban J connectivity index is 1.03. The van der Waals surface area contributed by atoms with Gasteiger partial charge in [-0.3, -0.25) is 0 Å². The van der Waals surface area contributed by atoms with Gasteiger partial charge < -0.3 is 9.13 Å². The van der Waals surface area contributed by atoms with E-state index in [0.717, 1.165) is 45.0 Å². The summed E-state index contributed by atoms with van der Waals surface area (Å²) >= 11 is 0. The molecule has 11 aromatic rings. The molecule has 0 radical (unpaired) electrons. The second kappa shape index (κ2) is 13.1. The number of hydrogen-bond acceptors (Lipinski definition) is 1. The smallest absolute Gasteiger partial charge is 0.0715 e. The molecule has 3 nitrogen and oxygen atoms in total. The van der Waals surface area contributed by atoms with E-state index in [-0.39, 0.29) is 0 Å². The highest BCUT2D eigenvalue weighted by atomic mass is 15.0. The quantitative estimate of drug-likeness (QED) is 0.168. The molecule has 0 aliphatic carbocycles. The second-order valence-electron chi connectivity index (χ2n) is 14.4. The number of rotatable bonds is 6. The predicted molar refractivity (Wildman–Crippen MR) is 235 cm³/mol. The topological polar surface area (TPSA) is 22.8 Å². The van der Waals surface area contributed by atoms with Gasteiger partial charge in [-0.15, -0.1) is 0 Å². The van der Waals surface area contributed by atoms with E-state index in [4.69, 9.17) is 4.98 Å². The predicted octanol–water partition coefficient (Wildman–Crippen LogP) is 13.9. The molecule has 0 aliphatic heterocycles. The Morgan fingerprint density at radius 3 is 1.32 bits per heavy atom. The molecule has 0 aliphatic rings. The van der Waals surface area contributed by atoms with E-state index in [9.17, 15) is 0 Å². The van der Waals surface area contributed by atoms with Gasteiger partial charge in [-0.25, -0.2) is 4.98 Å². The Kier molecular flexibility index (Phi) is 7.49. The number of hydrogen-bond donors (Lipinski definition) is 0. The van der Waals surface area contributed by atoms with Crippen LogP contribution in [0.5, 0.6) is 0 Å². The molecule has 3 heteroatoms. The lowest BCUT2D eigenvalue weighted by Crippen LogP contribution is -1.98. The van der Waals surface area contributed by atoms with Crippen LogP contribution in [0.3, 0.4) is 0 Å². The minimum atomic E-state index is 0.952. The van der Waals surface area contributed by atoms with E-state index >= 15 is 0 Å². The molecule has 0 amide bonds. The SMILES string of the molecule is c1ccc(-c2cc(-c3ccccc3)nc(-c3cccc(-c4ccc5c(c4)c4ccccc4n5-c4cccc(-n5c6ccccc6c6ccccc65)c4)c3)c2)cc1. The van der Waals surface area contributed by atoms with Crippen LogP contribution in [0.25, 0.3) is 99.8 Å². The summed E-state index contributed by atoms with van der Waals surface area (Å²) in [7, 11) is 0. The molecule has 56 heavy (non-hydrogen) atoms. The van der Waals surface area contributed by atoms with Crippen LogP contribution in [0.4, 0.5) is 0 Å². The van der Waals surface area contributed by atoms with Crippen LogP contribution in [0.1, 0.15) is 0 Å². The lowest BCUT2D eigenvalue weighted by molar-refractivity contribution is 1.13. The number of aromatic nitrogens is 3. The van der Waals surface area contributed by atoms with Gasteiger partial charge in [-0.2, -0.15) is 0 Å². The molecule has 0 atom stereocenters. The fourth-order valence-electron chi connectivity index (χ4n) is 8.49. The van der Waals surface area contributed by atoms with E-state index in [0.29, 0.717) is 0 Å². The molecular weight excluding hydrogens is 679 g/mol. The fraction of sp³-hybridized carbons (Fsp3) is 0. The van der Waals surface area contributed by atoms with Crippen LogP contribution in [-0.4, -0.2) is 14.1 Å². The fourth-order valence-corrected chi connectivity index (χ4v) is 8.49. The van der Waals surface area contributed by atoms with Crippen LogP contribution in [0.15, 0.2) is 212 Å². The average Bonchev–Trinajstić information content (AvgIpc) is 3.80. The van der Waals surface area contributed by atoms with E-state index in [1.165, 1.54) is 54.7 Å². The summed E-state index contributed by atoms with van der Waals surface area (Å²) in [5.74, 6) is 0. The molecule has 0 unspecified atom stereocenters. The maximum Gasteiger partial charge on any atom is 0.0715 e. The van der Waals surface area contributed by atoms with Crippen molar-refractivity contribution in [1.82, 2.24) is 14.1 Å². The van der Waals surface area contributed by atoms with Crippen molar-refractivity contribution in [3.8, 4) is 56.1 Å². The molecule has 0 spiro atoms. The molecule has 262 valence electrons. The molecule has 0 N–H and O–H groups in total. The molecule has 8 aromatic carbocycles. The Hall–Kier alpha value is -7.49. The largest absolute Gasteiger partial charge is 0.309 e.